The molecule has 0 fully saturated rings. The first-order valence-electron chi connectivity index (χ1n) is 8.03. The van der Waals surface area contributed by atoms with E-state index in [1.165, 1.54) is 64.2 Å². The van der Waals surface area contributed by atoms with Gasteiger partial charge in [0.15, 0.2) is 0 Å². The van der Waals surface area contributed by atoms with Gasteiger partial charge in [0.25, 0.3) is 0 Å². The number of para-hydroxylation sites is 1. The van der Waals surface area contributed by atoms with Crippen LogP contribution in [-0.4, -0.2) is 6.61 Å². The lowest BCUT2D eigenvalue weighted by molar-refractivity contribution is 0.303. The highest BCUT2D eigenvalue weighted by molar-refractivity contribution is 5.19. The van der Waals surface area contributed by atoms with Crippen molar-refractivity contribution in [1.29, 1.82) is 0 Å². The summed E-state index contributed by atoms with van der Waals surface area (Å²) in [4.78, 5) is 0. The summed E-state index contributed by atoms with van der Waals surface area (Å²) < 4.78 is 5.62. The first-order valence-corrected chi connectivity index (χ1v) is 8.03. The molecule has 0 unspecified atom stereocenters. The van der Waals surface area contributed by atoms with Crippen molar-refractivity contribution >= 4 is 0 Å². The molecular weight excluding hydrogens is 232 g/mol. The third-order valence-corrected chi connectivity index (χ3v) is 3.44. The summed E-state index contributed by atoms with van der Waals surface area (Å²) in [5, 5.41) is 0. The minimum Gasteiger partial charge on any atom is -0.493 e. The van der Waals surface area contributed by atoms with Gasteiger partial charge in [-0.2, -0.15) is 0 Å². The maximum Gasteiger partial charge on any atom is 0.127 e. The van der Waals surface area contributed by atoms with Crippen LogP contribution in [0.4, 0.5) is 0 Å². The second kappa shape index (κ2) is 12.1. The van der Waals surface area contributed by atoms with E-state index in [2.05, 4.69) is 13.0 Å². The van der Waals surface area contributed by atoms with Crippen molar-refractivity contribution in [1.82, 2.24) is 0 Å². The van der Waals surface area contributed by atoms with Crippen LogP contribution in [0.5, 0.6) is 5.75 Å². The molecule has 0 N–H and O–H groups in total. The quantitative estimate of drug-likeness (QED) is 0.433. The highest BCUT2D eigenvalue weighted by atomic mass is 16.5. The third kappa shape index (κ3) is 9.58. The Hall–Kier alpha value is -0.980. The van der Waals surface area contributed by atoms with Gasteiger partial charge in [0.2, 0.25) is 0 Å². The third-order valence-electron chi connectivity index (χ3n) is 3.44. The van der Waals surface area contributed by atoms with Gasteiger partial charge in [0.05, 0.1) is 6.61 Å². The predicted molar refractivity (Wildman–Crippen MR) is 82.6 cm³/mol. The number of rotatable bonds is 12. The van der Waals surface area contributed by atoms with Crippen LogP contribution in [0.15, 0.2) is 24.3 Å². The SMILES string of the molecule is CCCCCCCCCCCCOc1[c]cccc1. The molecule has 0 aliphatic heterocycles. The fourth-order valence-corrected chi connectivity index (χ4v) is 2.24. The Balaban J connectivity index is 1.79. The van der Waals surface area contributed by atoms with E-state index in [1.54, 1.807) is 0 Å². The Labute approximate surface area is 119 Å². The lowest BCUT2D eigenvalue weighted by atomic mass is 10.1. The molecule has 0 aliphatic carbocycles. The van der Waals surface area contributed by atoms with Gasteiger partial charge in [0.1, 0.15) is 5.75 Å². The molecular formula is C18H29O. The van der Waals surface area contributed by atoms with E-state index in [1.807, 2.05) is 24.3 Å². The zero-order chi connectivity index (χ0) is 13.6. The fourth-order valence-electron chi connectivity index (χ4n) is 2.24. The molecule has 19 heavy (non-hydrogen) atoms. The summed E-state index contributed by atoms with van der Waals surface area (Å²) in [5.74, 6) is 0.874. The first-order chi connectivity index (χ1) is 9.43. The van der Waals surface area contributed by atoms with Gasteiger partial charge in [-0.05, 0) is 12.5 Å². The van der Waals surface area contributed by atoms with Gasteiger partial charge in [-0.1, -0.05) is 82.9 Å². The molecule has 1 rings (SSSR count). The molecule has 0 spiro atoms. The summed E-state index contributed by atoms with van der Waals surface area (Å²) in [6, 6.07) is 10.9. The lowest BCUT2D eigenvalue weighted by Gasteiger charge is -2.05. The van der Waals surface area contributed by atoms with Crippen molar-refractivity contribution < 1.29 is 4.74 Å². The average molecular weight is 261 g/mol. The molecule has 0 amide bonds. The van der Waals surface area contributed by atoms with E-state index in [0.29, 0.717) is 0 Å². The molecule has 0 atom stereocenters. The largest absolute Gasteiger partial charge is 0.493 e. The van der Waals surface area contributed by atoms with Crippen molar-refractivity contribution in [2.24, 2.45) is 0 Å². The average Bonchev–Trinajstić information content (AvgIpc) is 2.46. The molecule has 1 radical (unpaired) electrons. The molecule has 0 aromatic heterocycles. The second-order valence-corrected chi connectivity index (χ2v) is 5.26. The van der Waals surface area contributed by atoms with E-state index < -0.39 is 0 Å². The summed E-state index contributed by atoms with van der Waals surface area (Å²) in [7, 11) is 0. The van der Waals surface area contributed by atoms with Gasteiger partial charge in [-0.25, -0.2) is 0 Å². The zero-order valence-electron chi connectivity index (χ0n) is 12.5. The van der Waals surface area contributed by atoms with Gasteiger partial charge in [0, 0.05) is 6.07 Å². The first kappa shape index (κ1) is 16.1. The number of hydrogen-bond acceptors (Lipinski definition) is 1. The molecule has 0 saturated heterocycles. The van der Waals surface area contributed by atoms with Crippen molar-refractivity contribution in [3.05, 3.63) is 30.3 Å². The molecule has 0 heterocycles. The lowest BCUT2D eigenvalue weighted by Crippen LogP contribution is -1.97. The Bertz CT molecular complexity index is 281. The van der Waals surface area contributed by atoms with Gasteiger partial charge in [-0.15, -0.1) is 0 Å². The Morgan fingerprint density at radius 1 is 0.842 bits per heavy atom. The highest BCUT2D eigenvalue weighted by Crippen LogP contribution is 2.11. The number of hydrogen-bond donors (Lipinski definition) is 0. The van der Waals surface area contributed by atoms with Crippen LogP contribution in [0.3, 0.4) is 0 Å². The predicted octanol–water partition coefficient (Wildman–Crippen LogP) is 5.79. The second-order valence-electron chi connectivity index (χ2n) is 5.26. The molecule has 1 aromatic rings. The monoisotopic (exact) mass is 261 g/mol. The maximum absolute atomic E-state index is 5.62. The molecule has 0 saturated carbocycles. The molecule has 1 nitrogen and oxygen atoms in total. The molecule has 0 bridgehead atoms. The van der Waals surface area contributed by atoms with E-state index in [-0.39, 0.29) is 0 Å². The van der Waals surface area contributed by atoms with Crippen LogP contribution in [0.1, 0.15) is 71.1 Å². The van der Waals surface area contributed by atoms with Crippen molar-refractivity contribution in [2.75, 3.05) is 6.61 Å². The standard InChI is InChI=1S/C18H29O/c1-2-3-4-5-6-7-8-9-10-14-17-19-18-15-12-11-13-16-18/h11-13,15H,2-10,14,17H2,1H3. The van der Waals surface area contributed by atoms with Gasteiger partial charge in [-0.3, -0.25) is 0 Å². The summed E-state index contributed by atoms with van der Waals surface area (Å²) in [6.45, 7) is 3.10. The highest BCUT2D eigenvalue weighted by Gasteiger charge is 1.94. The van der Waals surface area contributed by atoms with Crippen LogP contribution in [0.25, 0.3) is 0 Å². The van der Waals surface area contributed by atoms with Gasteiger partial charge >= 0.3 is 0 Å². The van der Waals surface area contributed by atoms with E-state index in [9.17, 15) is 0 Å². The van der Waals surface area contributed by atoms with E-state index in [4.69, 9.17) is 4.74 Å². The topological polar surface area (TPSA) is 9.23 Å². The van der Waals surface area contributed by atoms with Crippen LogP contribution >= 0.6 is 0 Å². The summed E-state index contributed by atoms with van der Waals surface area (Å²) >= 11 is 0. The molecule has 1 aromatic carbocycles. The van der Waals surface area contributed by atoms with E-state index >= 15 is 0 Å². The minimum atomic E-state index is 0.830. The smallest absolute Gasteiger partial charge is 0.127 e. The van der Waals surface area contributed by atoms with Crippen molar-refractivity contribution in [2.45, 2.75) is 71.1 Å². The van der Waals surface area contributed by atoms with Gasteiger partial charge < -0.3 is 4.74 Å². The fraction of sp³-hybridized carbons (Fsp3) is 0.667. The van der Waals surface area contributed by atoms with Crippen LogP contribution < -0.4 is 4.74 Å². The Morgan fingerprint density at radius 2 is 1.47 bits per heavy atom. The van der Waals surface area contributed by atoms with E-state index in [0.717, 1.165) is 12.4 Å². The molecule has 107 valence electrons. The molecule has 1 heteroatoms. The van der Waals surface area contributed by atoms with Crippen LogP contribution in [-0.2, 0) is 0 Å². The number of benzene rings is 1. The Morgan fingerprint density at radius 3 is 2.05 bits per heavy atom. The minimum absolute atomic E-state index is 0.830. The Kier molecular flexibility index (Phi) is 10.2. The van der Waals surface area contributed by atoms with Crippen LogP contribution in [0.2, 0.25) is 0 Å². The maximum atomic E-state index is 5.62. The van der Waals surface area contributed by atoms with Crippen LogP contribution in [0, 0.1) is 6.07 Å². The summed E-state index contributed by atoms with van der Waals surface area (Å²) in [5.41, 5.74) is 0. The van der Waals surface area contributed by atoms with Crippen molar-refractivity contribution in [3.8, 4) is 5.75 Å². The molecule has 0 aliphatic rings. The zero-order valence-corrected chi connectivity index (χ0v) is 12.5. The number of unbranched alkanes of at least 4 members (excludes halogenated alkanes) is 9. The number of ether oxygens (including phenoxy) is 1. The van der Waals surface area contributed by atoms with Crippen molar-refractivity contribution in [3.63, 3.8) is 0 Å². The summed E-state index contributed by atoms with van der Waals surface area (Å²) in [6.07, 6.45) is 13.7. The normalized spacial score (nSPS) is 10.6.